The summed E-state index contributed by atoms with van der Waals surface area (Å²) in [6.07, 6.45) is 10.1. The van der Waals surface area contributed by atoms with Crippen molar-refractivity contribution in [1.29, 1.82) is 0 Å². The molecule has 34 heavy (non-hydrogen) atoms. The fourth-order valence-corrected chi connectivity index (χ4v) is 6.46. The number of hydrogen-bond acceptors (Lipinski definition) is 4. The summed E-state index contributed by atoms with van der Waals surface area (Å²) in [5.41, 5.74) is 0.336. The Balaban J connectivity index is 1.27. The number of benzene rings is 1. The Kier molecular flexibility index (Phi) is 6.79. The number of likely N-dealkylation sites (tertiary alicyclic amines) is 2. The minimum atomic E-state index is -0.672. The van der Waals surface area contributed by atoms with Gasteiger partial charge in [-0.3, -0.25) is 14.4 Å². The molecule has 3 heterocycles. The molecule has 3 aliphatic heterocycles. The van der Waals surface area contributed by atoms with Gasteiger partial charge in [-0.2, -0.15) is 0 Å². The molecule has 1 aromatic rings. The lowest BCUT2D eigenvalue weighted by Crippen LogP contribution is -2.57. The summed E-state index contributed by atoms with van der Waals surface area (Å²) in [4.78, 5) is 47.3. The maximum absolute atomic E-state index is 13.8. The van der Waals surface area contributed by atoms with E-state index in [4.69, 9.17) is 0 Å². The molecule has 7 nitrogen and oxygen atoms in total. The van der Waals surface area contributed by atoms with E-state index in [2.05, 4.69) is 4.90 Å². The molecule has 7 heteroatoms. The molecule has 4 fully saturated rings. The van der Waals surface area contributed by atoms with E-state index >= 15 is 0 Å². The SMILES string of the molecule is O=C(CCC1CCCC1)N1CCC2(CC1)C(=O)N(CC(=O)N1CCCC1)CN2c1ccccc1. The molecule has 1 aliphatic carbocycles. The first-order valence-corrected chi connectivity index (χ1v) is 13.2. The number of amides is 3. The highest BCUT2D eigenvalue weighted by atomic mass is 16.2. The number of piperidine rings is 1. The standard InChI is InChI=1S/C27H38N4O3/c32-24(13-12-22-8-4-5-9-22)29-18-14-27(15-19-29)26(34)30(20-25(33)28-16-6-7-17-28)21-31(27)23-10-2-1-3-11-23/h1-3,10-11,22H,4-9,12-21H2. The van der Waals surface area contributed by atoms with Gasteiger partial charge >= 0.3 is 0 Å². The van der Waals surface area contributed by atoms with Crippen LogP contribution in [-0.4, -0.2) is 77.4 Å². The van der Waals surface area contributed by atoms with Crippen molar-refractivity contribution in [2.45, 2.75) is 69.7 Å². The number of para-hydroxylation sites is 1. The summed E-state index contributed by atoms with van der Waals surface area (Å²) in [5, 5.41) is 0. The highest BCUT2D eigenvalue weighted by molar-refractivity contribution is 5.96. The van der Waals surface area contributed by atoms with Crippen molar-refractivity contribution in [3.8, 4) is 0 Å². The molecule has 3 amide bonds. The molecule has 0 aromatic heterocycles. The van der Waals surface area contributed by atoms with Gasteiger partial charge in [-0.1, -0.05) is 43.9 Å². The monoisotopic (exact) mass is 466 g/mol. The Morgan fingerprint density at radius 2 is 1.50 bits per heavy atom. The van der Waals surface area contributed by atoms with Crippen LogP contribution in [0.2, 0.25) is 0 Å². The van der Waals surface area contributed by atoms with Crippen LogP contribution in [-0.2, 0) is 14.4 Å². The van der Waals surface area contributed by atoms with Gasteiger partial charge in [0.15, 0.2) is 0 Å². The van der Waals surface area contributed by atoms with Gasteiger partial charge in [-0.05, 0) is 50.2 Å². The second-order valence-electron chi connectivity index (χ2n) is 10.6. The first-order valence-electron chi connectivity index (χ1n) is 13.2. The average Bonchev–Trinajstić information content (AvgIpc) is 3.63. The Labute approximate surface area is 203 Å². The average molecular weight is 467 g/mol. The smallest absolute Gasteiger partial charge is 0.250 e. The van der Waals surface area contributed by atoms with Crippen molar-refractivity contribution in [2.75, 3.05) is 44.3 Å². The van der Waals surface area contributed by atoms with Gasteiger partial charge in [0, 0.05) is 38.3 Å². The van der Waals surface area contributed by atoms with Crippen LogP contribution in [0.1, 0.15) is 64.2 Å². The van der Waals surface area contributed by atoms with Crippen molar-refractivity contribution in [3.63, 3.8) is 0 Å². The zero-order valence-electron chi connectivity index (χ0n) is 20.3. The number of rotatable bonds is 6. The van der Waals surface area contributed by atoms with Crippen LogP contribution >= 0.6 is 0 Å². The Bertz CT molecular complexity index is 884. The highest BCUT2D eigenvalue weighted by Crippen LogP contribution is 2.40. The molecule has 1 aromatic carbocycles. The first-order chi connectivity index (χ1) is 16.6. The van der Waals surface area contributed by atoms with E-state index in [9.17, 15) is 14.4 Å². The van der Waals surface area contributed by atoms with Crippen molar-refractivity contribution in [3.05, 3.63) is 30.3 Å². The summed E-state index contributed by atoms with van der Waals surface area (Å²) in [7, 11) is 0. The minimum Gasteiger partial charge on any atom is -0.342 e. The van der Waals surface area contributed by atoms with E-state index in [-0.39, 0.29) is 24.3 Å². The quantitative estimate of drug-likeness (QED) is 0.646. The summed E-state index contributed by atoms with van der Waals surface area (Å²) in [6.45, 7) is 3.38. The van der Waals surface area contributed by atoms with E-state index in [0.717, 1.165) is 38.0 Å². The summed E-state index contributed by atoms with van der Waals surface area (Å²) in [6, 6.07) is 10.1. The van der Waals surface area contributed by atoms with E-state index < -0.39 is 5.54 Å². The molecule has 0 N–H and O–H groups in total. The van der Waals surface area contributed by atoms with Crippen LogP contribution in [0.3, 0.4) is 0 Å². The third-order valence-corrected chi connectivity index (χ3v) is 8.55. The molecule has 0 bridgehead atoms. The van der Waals surface area contributed by atoms with Crippen LogP contribution in [0, 0.1) is 5.92 Å². The lowest BCUT2D eigenvalue weighted by Gasteiger charge is -2.43. The number of anilines is 1. The van der Waals surface area contributed by atoms with E-state index in [1.165, 1.54) is 25.7 Å². The third-order valence-electron chi connectivity index (χ3n) is 8.55. The van der Waals surface area contributed by atoms with Gasteiger partial charge in [-0.25, -0.2) is 0 Å². The predicted octanol–water partition coefficient (Wildman–Crippen LogP) is 3.25. The normalized spacial score (nSPS) is 22.9. The number of carbonyl (C=O) groups excluding carboxylic acids is 3. The minimum absolute atomic E-state index is 0.0435. The Hall–Kier alpha value is -2.57. The molecule has 5 rings (SSSR count). The molecule has 0 radical (unpaired) electrons. The molecular formula is C27H38N4O3. The van der Waals surface area contributed by atoms with Gasteiger partial charge in [0.25, 0.3) is 5.91 Å². The van der Waals surface area contributed by atoms with Crippen LogP contribution in [0.4, 0.5) is 5.69 Å². The second kappa shape index (κ2) is 9.96. The molecule has 1 saturated carbocycles. The molecule has 0 unspecified atom stereocenters. The number of hydrogen-bond donors (Lipinski definition) is 0. The number of nitrogens with zero attached hydrogens (tertiary/aromatic N) is 4. The molecule has 4 aliphatic rings. The van der Waals surface area contributed by atoms with Crippen molar-refractivity contribution in [1.82, 2.24) is 14.7 Å². The van der Waals surface area contributed by atoms with Crippen molar-refractivity contribution >= 4 is 23.4 Å². The highest BCUT2D eigenvalue weighted by Gasteiger charge is 2.54. The van der Waals surface area contributed by atoms with E-state index in [1.807, 2.05) is 40.1 Å². The largest absolute Gasteiger partial charge is 0.342 e. The van der Waals surface area contributed by atoms with Crippen molar-refractivity contribution < 1.29 is 14.4 Å². The van der Waals surface area contributed by atoms with Crippen LogP contribution < -0.4 is 4.90 Å². The molecule has 0 atom stereocenters. The van der Waals surface area contributed by atoms with Gasteiger partial charge in [0.05, 0.1) is 6.67 Å². The van der Waals surface area contributed by atoms with E-state index in [0.29, 0.717) is 44.9 Å². The Morgan fingerprint density at radius 1 is 0.853 bits per heavy atom. The van der Waals surface area contributed by atoms with Crippen LogP contribution in [0.15, 0.2) is 30.3 Å². The fraction of sp³-hybridized carbons (Fsp3) is 0.667. The second-order valence-corrected chi connectivity index (χ2v) is 10.6. The third kappa shape index (κ3) is 4.53. The Morgan fingerprint density at radius 3 is 2.18 bits per heavy atom. The molecule has 3 saturated heterocycles. The van der Waals surface area contributed by atoms with Gasteiger partial charge < -0.3 is 19.6 Å². The zero-order valence-corrected chi connectivity index (χ0v) is 20.3. The van der Waals surface area contributed by atoms with Gasteiger partial charge in [-0.15, -0.1) is 0 Å². The van der Waals surface area contributed by atoms with E-state index in [1.54, 1.807) is 4.90 Å². The van der Waals surface area contributed by atoms with Crippen LogP contribution in [0.5, 0.6) is 0 Å². The number of carbonyl (C=O) groups is 3. The fourth-order valence-electron chi connectivity index (χ4n) is 6.46. The summed E-state index contributed by atoms with van der Waals surface area (Å²) in [5.74, 6) is 1.05. The van der Waals surface area contributed by atoms with Crippen molar-refractivity contribution in [2.24, 2.45) is 5.92 Å². The maximum atomic E-state index is 13.8. The predicted molar refractivity (Wildman–Crippen MR) is 131 cm³/mol. The molecular weight excluding hydrogens is 428 g/mol. The molecule has 1 spiro atoms. The summed E-state index contributed by atoms with van der Waals surface area (Å²) >= 11 is 0. The van der Waals surface area contributed by atoms with Gasteiger partial charge in [0.1, 0.15) is 12.1 Å². The van der Waals surface area contributed by atoms with Crippen LogP contribution in [0.25, 0.3) is 0 Å². The lowest BCUT2D eigenvalue weighted by atomic mass is 9.85. The summed E-state index contributed by atoms with van der Waals surface area (Å²) < 4.78 is 0. The topological polar surface area (TPSA) is 64.2 Å². The van der Waals surface area contributed by atoms with Gasteiger partial charge in [0.2, 0.25) is 11.8 Å². The first kappa shape index (κ1) is 23.2. The molecule has 184 valence electrons. The maximum Gasteiger partial charge on any atom is 0.250 e. The zero-order chi connectivity index (χ0) is 23.5. The lowest BCUT2D eigenvalue weighted by molar-refractivity contribution is -0.142.